The maximum absolute atomic E-state index is 11.1. The van der Waals surface area contributed by atoms with Crippen LogP contribution in [0.1, 0.15) is 84.5 Å². The fourth-order valence-corrected chi connectivity index (χ4v) is 5.05. The molecule has 27 heavy (non-hydrogen) atoms. The normalized spacial score (nSPS) is 31.0. The fourth-order valence-electron chi connectivity index (χ4n) is 5.05. The number of rotatable bonds is 11. The van der Waals surface area contributed by atoms with Crippen LogP contribution in [0.5, 0.6) is 0 Å². The molecule has 0 amide bonds. The largest absolute Gasteiger partial charge is 0.469 e. The average molecular weight is 381 g/mol. The van der Waals surface area contributed by atoms with Crippen LogP contribution in [0.25, 0.3) is 0 Å². The molecule has 2 aliphatic carbocycles. The van der Waals surface area contributed by atoms with Gasteiger partial charge < -0.3 is 14.9 Å². The minimum absolute atomic E-state index is 0.144. The number of aliphatic hydroxyl groups is 2. The molecule has 0 aromatic carbocycles. The lowest BCUT2D eigenvalue weighted by Crippen LogP contribution is -2.38. The lowest BCUT2D eigenvalue weighted by molar-refractivity contribution is -0.140. The van der Waals surface area contributed by atoms with Crippen LogP contribution in [-0.2, 0) is 9.53 Å². The molecule has 0 heterocycles. The Hall–Kier alpha value is -0.870. The van der Waals surface area contributed by atoms with Crippen molar-refractivity contribution in [3.8, 4) is 0 Å². The number of allylic oxidation sites excluding steroid dienone is 2. The van der Waals surface area contributed by atoms with Crippen LogP contribution in [0, 0.1) is 23.2 Å². The highest BCUT2D eigenvalue weighted by Gasteiger charge is 2.40. The smallest absolute Gasteiger partial charge is 0.305 e. The Morgan fingerprint density at radius 2 is 2.00 bits per heavy atom. The Labute approximate surface area is 165 Å². The summed E-state index contributed by atoms with van der Waals surface area (Å²) in [5.41, 5.74) is 0.147. The zero-order valence-corrected chi connectivity index (χ0v) is 17.5. The van der Waals surface area contributed by atoms with Crippen molar-refractivity contribution in [2.24, 2.45) is 23.2 Å². The molecule has 156 valence electrons. The Bertz CT molecular complexity index is 483. The molecule has 2 fully saturated rings. The molecule has 3 unspecified atom stereocenters. The number of carbonyl (C=O) groups is 1. The predicted molar refractivity (Wildman–Crippen MR) is 108 cm³/mol. The fraction of sp³-hybridized carbons (Fsp3) is 0.870. The zero-order valence-electron chi connectivity index (χ0n) is 17.5. The molecule has 5 atom stereocenters. The summed E-state index contributed by atoms with van der Waals surface area (Å²) in [6.07, 6.45) is 14.5. The molecular weight excluding hydrogens is 340 g/mol. The van der Waals surface area contributed by atoms with Gasteiger partial charge in [0.05, 0.1) is 19.3 Å². The molecule has 2 rings (SSSR count). The van der Waals surface area contributed by atoms with E-state index in [1.807, 2.05) is 0 Å². The topological polar surface area (TPSA) is 66.8 Å². The highest BCUT2D eigenvalue weighted by atomic mass is 16.5. The zero-order chi connectivity index (χ0) is 19.9. The molecule has 0 aromatic rings. The number of carbonyl (C=O) groups excluding carboxylic acids is 1. The maximum Gasteiger partial charge on any atom is 0.305 e. The van der Waals surface area contributed by atoms with Crippen LogP contribution in [0.4, 0.5) is 0 Å². The second kappa shape index (κ2) is 10.6. The van der Waals surface area contributed by atoms with Gasteiger partial charge in [0.1, 0.15) is 0 Å². The second-order valence-electron chi connectivity index (χ2n) is 9.24. The van der Waals surface area contributed by atoms with Gasteiger partial charge in [-0.15, -0.1) is 0 Å². The average Bonchev–Trinajstić information content (AvgIpc) is 2.88. The van der Waals surface area contributed by atoms with E-state index in [-0.39, 0.29) is 23.6 Å². The lowest BCUT2D eigenvalue weighted by atomic mass is 9.65. The minimum atomic E-state index is -0.200. The van der Waals surface area contributed by atoms with Gasteiger partial charge in [0.25, 0.3) is 0 Å². The second-order valence-corrected chi connectivity index (χ2v) is 9.24. The van der Waals surface area contributed by atoms with Gasteiger partial charge in [-0.1, -0.05) is 38.8 Å². The van der Waals surface area contributed by atoms with Crippen LogP contribution < -0.4 is 0 Å². The summed E-state index contributed by atoms with van der Waals surface area (Å²) in [7, 11) is 1.43. The molecule has 0 radical (unpaired) electrons. The molecule has 0 bridgehead atoms. The van der Waals surface area contributed by atoms with Crippen LogP contribution >= 0.6 is 0 Å². The Morgan fingerprint density at radius 3 is 2.63 bits per heavy atom. The first kappa shape index (κ1) is 22.4. The van der Waals surface area contributed by atoms with E-state index in [2.05, 4.69) is 30.7 Å². The third-order valence-corrected chi connectivity index (χ3v) is 7.26. The van der Waals surface area contributed by atoms with E-state index in [4.69, 9.17) is 0 Å². The van der Waals surface area contributed by atoms with Crippen molar-refractivity contribution < 1.29 is 19.7 Å². The standard InChI is InChI=1S/C23H40O4/c1-17-16-20(24)19(11-8-12-21(25)23(2)14-9-15-23)18(17)10-6-4-5-7-13-22(26)27-3/h4,6,17-21,24-25H,5,7-16H2,1-3H3/b6-4-/t17?,18-,19+,20?,21?/m0/s1. The Kier molecular flexibility index (Phi) is 8.81. The third-order valence-electron chi connectivity index (χ3n) is 7.26. The summed E-state index contributed by atoms with van der Waals surface area (Å²) in [6, 6.07) is 0. The molecular formula is C23H40O4. The van der Waals surface area contributed by atoms with E-state index < -0.39 is 0 Å². The van der Waals surface area contributed by atoms with E-state index >= 15 is 0 Å². The summed E-state index contributed by atoms with van der Waals surface area (Å²) in [5, 5.41) is 21.0. The third kappa shape index (κ3) is 6.32. The predicted octanol–water partition coefficient (Wildman–Crippen LogP) is 4.63. The van der Waals surface area contributed by atoms with Gasteiger partial charge in [0, 0.05) is 6.42 Å². The summed E-state index contributed by atoms with van der Waals surface area (Å²) in [5.74, 6) is 1.27. The summed E-state index contributed by atoms with van der Waals surface area (Å²) >= 11 is 0. The van der Waals surface area contributed by atoms with E-state index in [1.54, 1.807) is 0 Å². The molecule has 4 nitrogen and oxygen atoms in total. The van der Waals surface area contributed by atoms with E-state index in [0.29, 0.717) is 24.2 Å². The van der Waals surface area contributed by atoms with E-state index in [1.165, 1.54) is 13.5 Å². The molecule has 0 spiro atoms. The SMILES string of the molecule is COC(=O)CCC/C=C\C[C@H]1C(C)CC(O)[C@@H]1CCCC(O)C1(C)CCC1. The van der Waals surface area contributed by atoms with Gasteiger partial charge >= 0.3 is 5.97 Å². The van der Waals surface area contributed by atoms with Crippen molar-refractivity contribution in [1.29, 1.82) is 0 Å². The van der Waals surface area contributed by atoms with Gasteiger partial charge in [-0.05, 0) is 74.5 Å². The Balaban J connectivity index is 1.72. The summed E-state index contributed by atoms with van der Waals surface area (Å²) < 4.78 is 4.66. The molecule has 0 aromatic heterocycles. The van der Waals surface area contributed by atoms with E-state index in [0.717, 1.165) is 57.8 Å². The first-order chi connectivity index (χ1) is 12.9. The number of unbranched alkanes of at least 4 members (excludes halogenated alkanes) is 1. The molecule has 4 heteroatoms. The minimum Gasteiger partial charge on any atom is -0.469 e. The highest BCUT2D eigenvalue weighted by Crippen LogP contribution is 2.46. The highest BCUT2D eigenvalue weighted by molar-refractivity contribution is 5.69. The van der Waals surface area contributed by atoms with E-state index in [9.17, 15) is 15.0 Å². The van der Waals surface area contributed by atoms with Gasteiger partial charge in [-0.3, -0.25) is 4.79 Å². The van der Waals surface area contributed by atoms with Crippen LogP contribution in [0.15, 0.2) is 12.2 Å². The lowest BCUT2D eigenvalue weighted by Gasteiger charge is -2.42. The molecule has 0 saturated heterocycles. The molecule has 0 aliphatic heterocycles. The molecule has 2 aliphatic rings. The summed E-state index contributed by atoms with van der Waals surface area (Å²) in [6.45, 7) is 4.46. The van der Waals surface area contributed by atoms with Gasteiger partial charge in [0.2, 0.25) is 0 Å². The van der Waals surface area contributed by atoms with Crippen LogP contribution in [-0.4, -0.2) is 35.5 Å². The monoisotopic (exact) mass is 380 g/mol. The van der Waals surface area contributed by atoms with Crippen molar-refractivity contribution in [3.05, 3.63) is 12.2 Å². The number of hydrogen-bond donors (Lipinski definition) is 2. The van der Waals surface area contributed by atoms with Crippen molar-refractivity contribution in [2.45, 2.75) is 96.7 Å². The van der Waals surface area contributed by atoms with Gasteiger partial charge in [0.15, 0.2) is 0 Å². The Morgan fingerprint density at radius 1 is 1.26 bits per heavy atom. The number of aliphatic hydroxyl groups excluding tert-OH is 2. The first-order valence-corrected chi connectivity index (χ1v) is 11.0. The number of ether oxygens (including phenoxy) is 1. The molecule has 2 N–H and O–H groups in total. The van der Waals surface area contributed by atoms with Crippen molar-refractivity contribution in [3.63, 3.8) is 0 Å². The van der Waals surface area contributed by atoms with Gasteiger partial charge in [-0.25, -0.2) is 0 Å². The maximum atomic E-state index is 11.1. The van der Waals surface area contributed by atoms with Gasteiger partial charge in [-0.2, -0.15) is 0 Å². The quantitative estimate of drug-likeness (QED) is 0.311. The van der Waals surface area contributed by atoms with Crippen molar-refractivity contribution in [1.82, 2.24) is 0 Å². The van der Waals surface area contributed by atoms with Crippen molar-refractivity contribution >= 4 is 5.97 Å². The van der Waals surface area contributed by atoms with Crippen LogP contribution in [0.2, 0.25) is 0 Å². The number of hydrogen-bond acceptors (Lipinski definition) is 4. The number of methoxy groups -OCH3 is 1. The summed E-state index contributed by atoms with van der Waals surface area (Å²) in [4.78, 5) is 11.1. The first-order valence-electron chi connectivity index (χ1n) is 11.0. The van der Waals surface area contributed by atoms with Crippen molar-refractivity contribution in [2.75, 3.05) is 7.11 Å². The number of esters is 1. The molecule has 2 saturated carbocycles. The van der Waals surface area contributed by atoms with Crippen LogP contribution in [0.3, 0.4) is 0 Å².